The molecular formula is C29H50O7Si3. The second kappa shape index (κ2) is 8.86. The molecule has 1 aliphatic heterocycles. The second-order valence-electron chi connectivity index (χ2n) is 16.2. The maximum absolute atomic E-state index is 14.3. The molecule has 4 saturated carbocycles. The van der Waals surface area contributed by atoms with Crippen molar-refractivity contribution in [2.45, 2.75) is 115 Å². The number of carbonyl (C=O) groups excluding carboxylic acids is 2. The van der Waals surface area contributed by atoms with Crippen molar-refractivity contribution in [2.75, 3.05) is 7.11 Å². The van der Waals surface area contributed by atoms with Gasteiger partial charge in [0.15, 0.2) is 25.0 Å². The number of rotatable bonds is 7. The second-order valence-corrected chi connectivity index (χ2v) is 29.6. The van der Waals surface area contributed by atoms with Gasteiger partial charge in [0.2, 0.25) is 0 Å². The Balaban J connectivity index is 1.76. The van der Waals surface area contributed by atoms with Crippen LogP contribution >= 0.6 is 0 Å². The van der Waals surface area contributed by atoms with Gasteiger partial charge in [-0.15, -0.1) is 0 Å². The quantitative estimate of drug-likeness (QED) is 0.211. The fraction of sp³-hybridized carbons (Fsp3) is 0.862. The van der Waals surface area contributed by atoms with Crippen molar-refractivity contribution in [2.24, 2.45) is 34.5 Å². The van der Waals surface area contributed by atoms with E-state index in [-0.39, 0.29) is 36.0 Å². The number of ether oxygens (including phenoxy) is 2. The fourth-order valence-corrected chi connectivity index (χ4v) is 13.0. The normalized spacial score (nSPS) is 45.2. The number of fused-ring (bicyclic) bond motifs is 1. The third kappa shape index (κ3) is 4.42. The van der Waals surface area contributed by atoms with Gasteiger partial charge in [0, 0.05) is 18.3 Å². The van der Waals surface area contributed by atoms with Gasteiger partial charge in [-0.2, -0.15) is 0 Å². The van der Waals surface area contributed by atoms with Gasteiger partial charge in [-0.1, -0.05) is 12.2 Å². The monoisotopic (exact) mass is 594 g/mol. The molecule has 5 rings (SSSR count). The molecule has 0 aromatic heterocycles. The lowest BCUT2D eigenvalue weighted by molar-refractivity contribution is -0.169. The topological polar surface area (TPSA) is 80.3 Å². The zero-order valence-electron chi connectivity index (χ0n) is 25.9. The van der Waals surface area contributed by atoms with E-state index in [2.05, 4.69) is 65.5 Å². The molecule has 1 saturated heterocycles. The van der Waals surface area contributed by atoms with Gasteiger partial charge in [0.25, 0.3) is 0 Å². The zero-order valence-corrected chi connectivity index (χ0v) is 28.9. The van der Waals surface area contributed by atoms with E-state index in [4.69, 9.17) is 22.8 Å². The van der Waals surface area contributed by atoms with E-state index < -0.39 is 53.4 Å². The highest BCUT2D eigenvalue weighted by molar-refractivity contribution is 6.70. The Bertz CT molecular complexity index is 1070. The highest BCUT2D eigenvalue weighted by atomic mass is 28.4. The highest BCUT2D eigenvalue weighted by Crippen LogP contribution is 2.78. The van der Waals surface area contributed by atoms with Crippen LogP contribution in [0.25, 0.3) is 0 Å². The minimum absolute atomic E-state index is 0.107. The van der Waals surface area contributed by atoms with E-state index in [0.717, 1.165) is 19.3 Å². The third-order valence-corrected chi connectivity index (χ3v) is 13.0. The van der Waals surface area contributed by atoms with Crippen LogP contribution < -0.4 is 0 Å². The summed E-state index contributed by atoms with van der Waals surface area (Å²) in [6.07, 6.45) is 2.13. The first-order valence-corrected chi connectivity index (χ1v) is 24.9. The Morgan fingerprint density at radius 1 is 0.897 bits per heavy atom. The Labute approximate surface area is 238 Å². The van der Waals surface area contributed by atoms with E-state index >= 15 is 0 Å². The molecule has 0 amide bonds. The third-order valence-electron chi connectivity index (χ3n) is 10.0. The number of esters is 2. The minimum Gasteiger partial charge on any atom is -0.469 e. The summed E-state index contributed by atoms with van der Waals surface area (Å²) in [5.74, 6) is -1.17. The number of hydrogen-bond donors (Lipinski definition) is 0. The van der Waals surface area contributed by atoms with Crippen molar-refractivity contribution in [1.29, 1.82) is 0 Å². The molecule has 5 aliphatic rings. The molecule has 10 atom stereocenters. The number of methoxy groups -OCH3 is 1. The van der Waals surface area contributed by atoms with Crippen molar-refractivity contribution in [1.82, 2.24) is 0 Å². The molecule has 1 heterocycles. The Morgan fingerprint density at radius 3 is 2.00 bits per heavy atom. The van der Waals surface area contributed by atoms with Crippen LogP contribution in [0.2, 0.25) is 58.9 Å². The van der Waals surface area contributed by atoms with Crippen LogP contribution in [0.3, 0.4) is 0 Å². The van der Waals surface area contributed by atoms with Gasteiger partial charge in [0.1, 0.15) is 5.60 Å². The molecule has 1 spiro atoms. The predicted octanol–water partition coefficient (Wildman–Crippen LogP) is 5.74. The average Bonchev–Trinajstić information content (AvgIpc) is 3.21. The van der Waals surface area contributed by atoms with Crippen LogP contribution in [0.1, 0.15) is 32.6 Å². The smallest absolute Gasteiger partial charge is 0.315 e. The van der Waals surface area contributed by atoms with E-state index in [1.54, 1.807) is 0 Å². The first-order chi connectivity index (χ1) is 17.7. The standard InChI is InChI=1S/C29H50O7Si3/c1-17-14-28-15-18(17)13-19(34-37(4,5)6)22(28)29-16-20(35-38(7,8)9)24(36-39(10,11)12)27(2,26(31)33-29)23(29)21(28)25(30)32-3/h18-24H,1,13-16H2,2-12H3/t18-,19?,20+,21?,22?,23?,24+,27?,28-,29-/m1/s1. The Kier molecular flexibility index (Phi) is 6.75. The molecule has 0 N–H and O–H groups in total. The van der Waals surface area contributed by atoms with Crippen LogP contribution in [0, 0.1) is 34.5 Å². The van der Waals surface area contributed by atoms with Crippen LogP contribution in [0.5, 0.6) is 0 Å². The van der Waals surface area contributed by atoms with Crippen molar-refractivity contribution in [3.63, 3.8) is 0 Å². The lowest BCUT2D eigenvalue weighted by Crippen LogP contribution is -2.64. The Morgan fingerprint density at radius 2 is 1.46 bits per heavy atom. The van der Waals surface area contributed by atoms with Crippen LogP contribution in [-0.2, 0) is 32.3 Å². The number of allylic oxidation sites excluding steroid dienone is 1. The molecular weight excluding hydrogens is 545 g/mol. The van der Waals surface area contributed by atoms with Crippen LogP contribution in [0.4, 0.5) is 0 Å². The van der Waals surface area contributed by atoms with Gasteiger partial charge in [-0.05, 0) is 96.4 Å². The minimum atomic E-state index is -2.12. The van der Waals surface area contributed by atoms with Gasteiger partial charge < -0.3 is 22.8 Å². The summed E-state index contributed by atoms with van der Waals surface area (Å²) in [4.78, 5) is 28.2. The Hall–Kier alpha value is -0.789. The molecule has 5 fully saturated rings. The molecule has 39 heavy (non-hydrogen) atoms. The predicted molar refractivity (Wildman–Crippen MR) is 158 cm³/mol. The summed E-state index contributed by atoms with van der Waals surface area (Å²) < 4.78 is 33.1. The van der Waals surface area contributed by atoms with E-state index in [1.807, 2.05) is 6.92 Å². The molecule has 0 radical (unpaired) electrons. The molecule has 220 valence electrons. The van der Waals surface area contributed by atoms with Crippen molar-refractivity contribution < 1.29 is 32.3 Å². The maximum atomic E-state index is 14.3. The SMILES string of the molecule is C=C1C[C@]23C[C@H]1CC(O[Si](C)(C)C)C2[C@@]12C[C@H](O[Si](C)(C)C)[C@H](O[Si](C)(C)C)C(C)(C(=O)O1)C2C3C(=O)OC. The fourth-order valence-electron chi connectivity index (χ4n) is 9.55. The lowest BCUT2D eigenvalue weighted by atomic mass is 9.58. The zero-order chi connectivity index (χ0) is 29.1. The van der Waals surface area contributed by atoms with Gasteiger partial charge in [0.05, 0.1) is 36.8 Å². The van der Waals surface area contributed by atoms with Gasteiger partial charge >= 0.3 is 11.9 Å². The molecule has 0 aromatic rings. The lowest BCUT2D eigenvalue weighted by Gasteiger charge is -2.53. The maximum Gasteiger partial charge on any atom is 0.315 e. The van der Waals surface area contributed by atoms with Crippen LogP contribution in [-0.4, -0.2) is 67.9 Å². The van der Waals surface area contributed by atoms with E-state index in [9.17, 15) is 9.59 Å². The summed E-state index contributed by atoms with van der Waals surface area (Å²) in [5.41, 5.74) is -1.12. The summed E-state index contributed by atoms with van der Waals surface area (Å²) in [7, 11) is -4.65. The highest BCUT2D eigenvalue weighted by Gasteiger charge is 2.86. The number of hydrogen-bond acceptors (Lipinski definition) is 7. The molecule has 7 nitrogen and oxygen atoms in total. The molecule has 0 aromatic carbocycles. The van der Waals surface area contributed by atoms with Crippen molar-refractivity contribution >= 4 is 36.9 Å². The largest absolute Gasteiger partial charge is 0.469 e. The summed E-state index contributed by atoms with van der Waals surface area (Å²) >= 11 is 0. The van der Waals surface area contributed by atoms with Crippen molar-refractivity contribution in [3.05, 3.63) is 12.2 Å². The summed E-state index contributed by atoms with van der Waals surface area (Å²) in [6.45, 7) is 26.1. The first kappa shape index (κ1) is 29.7. The van der Waals surface area contributed by atoms with Gasteiger partial charge in [-0.3, -0.25) is 9.59 Å². The van der Waals surface area contributed by atoms with E-state index in [0.29, 0.717) is 12.3 Å². The van der Waals surface area contributed by atoms with Crippen LogP contribution in [0.15, 0.2) is 12.2 Å². The molecule has 4 bridgehead atoms. The van der Waals surface area contributed by atoms with Crippen molar-refractivity contribution in [3.8, 4) is 0 Å². The average molecular weight is 595 g/mol. The summed E-state index contributed by atoms with van der Waals surface area (Å²) in [6, 6.07) is 0. The summed E-state index contributed by atoms with van der Waals surface area (Å²) in [5, 5.41) is 0. The molecule has 10 heteroatoms. The van der Waals surface area contributed by atoms with E-state index in [1.165, 1.54) is 12.7 Å². The molecule has 5 unspecified atom stereocenters. The number of carbonyl (C=O) groups is 2. The molecule has 4 aliphatic carbocycles. The first-order valence-electron chi connectivity index (χ1n) is 14.7. The van der Waals surface area contributed by atoms with Gasteiger partial charge in [-0.25, -0.2) is 0 Å².